The second kappa shape index (κ2) is 5.94. The first-order chi connectivity index (χ1) is 9.56. The third kappa shape index (κ3) is 2.76. The SMILES string of the molecule is CCc1cnc(Nc2ccc(C#N)cc2Cl)c(C)c1C. The number of aryl methyl sites for hydroxylation is 1. The number of rotatable bonds is 3. The number of anilines is 2. The summed E-state index contributed by atoms with van der Waals surface area (Å²) in [5.41, 5.74) is 4.91. The summed E-state index contributed by atoms with van der Waals surface area (Å²) < 4.78 is 0. The van der Waals surface area contributed by atoms with Gasteiger partial charge in [0.25, 0.3) is 0 Å². The zero-order valence-electron chi connectivity index (χ0n) is 11.8. The van der Waals surface area contributed by atoms with Crippen molar-refractivity contribution in [2.45, 2.75) is 27.2 Å². The molecule has 0 radical (unpaired) electrons. The monoisotopic (exact) mass is 285 g/mol. The number of hydrogen-bond donors (Lipinski definition) is 1. The van der Waals surface area contributed by atoms with Gasteiger partial charge in [-0.3, -0.25) is 0 Å². The maximum Gasteiger partial charge on any atom is 0.133 e. The Labute approximate surface area is 124 Å². The highest BCUT2D eigenvalue weighted by atomic mass is 35.5. The molecule has 0 aliphatic heterocycles. The summed E-state index contributed by atoms with van der Waals surface area (Å²) in [4.78, 5) is 4.45. The molecule has 0 saturated heterocycles. The Morgan fingerprint density at radius 3 is 2.65 bits per heavy atom. The van der Waals surface area contributed by atoms with Crippen molar-refractivity contribution in [3.63, 3.8) is 0 Å². The van der Waals surface area contributed by atoms with E-state index in [2.05, 4.69) is 30.2 Å². The van der Waals surface area contributed by atoms with Gasteiger partial charge in [0.05, 0.1) is 22.3 Å². The average Bonchev–Trinajstić information content (AvgIpc) is 2.46. The molecular formula is C16H16ClN3. The lowest BCUT2D eigenvalue weighted by molar-refractivity contribution is 1.05. The van der Waals surface area contributed by atoms with Gasteiger partial charge in [-0.15, -0.1) is 0 Å². The van der Waals surface area contributed by atoms with E-state index in [1.165, 1.54) is 11.1 Å². The Kier molecular flexibility index (Phi) is 4.26. The van der Waals surface area contributed by atoms with E-state index in [0.29, 0.717) is 10.6 Å². The van der Waals surface area contributed by atoms with Crippen molar-refractivity contribution in [1.82, 2.24) is 4.98 Å². The van der Waals surface area contributed by atoms with E-state index in [1.54, 1.807) is 18.2 Å². The highest BCUT2D eigenvalue weighted by Gasteiger charge is 2.09. The fourth-order valence-electron chi connectivity index (χ4n) is 2.05. The van der Waals surface area contributed by atoms with Crippen molar-refractivity contribution in [3.8, 4) is 6.07 Å². The molecule has 0 amide bonds. The number of nitrogens with zero attached hydrogens (tertiary/aromatic N) is 2. The van der Waals surface area contributed by atoms with Gasteiger partial charge in [0, 0.05) is 6.20 Å². The van der Waals surface area contributed by atoms with Gasteiger partial charge in [-0.1, -0.05) is 18.5 Å². The number of benzene rings is 1. The minimum absolute atomic E-state index is 0.516. The Hall–Kier alpha value is -2.05. The summed E-state index contributed by atoms with van der Waals surface area (Å²) in [7, 11) is 0. The molecule has 0 unspecified atom stereocenters. The second-order valence-electron chi connectivity index (χ2n) is 4.67. The largest absolute Gasteiger partial charge is 0.339 e. The van der Waals surface area contributed by atoms with Crippen LogP contribution in [0.1, 0.15) is 29.2 Å². The molecule has 0 atom stereocenters. The zero-order valence-corrected chi connectivity index (χ0v) is 12.5. The maximum absolute atomic E-state index is 8.84. The smallest absolute Gasteiger partial charge is 0.133 e. The first-order valence-electron chi connectivity index (χ1n) is 6.48. The molecule has 0 fully saturated rings. The highest BCUT2D eigenvalue weighted by molar-refractivity contribution is 6.33. The van der Waals surface area contributed by atoms with Crippen molar-refractivity contribution in [3.05, 3.63) is 51.7 Å². The lowest BCUT2D eigenvalue weighted by atomic mass is 10.0. The van der Waals surface area contributed by atoms with E-state index < -0.39 is 0 Å². The normalized spacial score (nSPS) is 10.2. The minimum atomic E-state index is 0.516. The number of nitrogens with one attached hydrogen (secondary N) is 1. The number of pyridine rings is 1. The van der Waals surface area contributed by atoms with Gasteiger partial charge in [-0.05, 0) is 55.2 Å². The number of aromatic nitrogens is 1. The van der Waals surface area contributed by atoms with Crippen LogP contribution in [0.5, 0.6) is 0 Å². The Morgan fingerprint density at radius 1 is 1.30 bits per heavy atom. The van der Waals surface area contributed by atoms with Crippen LogP contribution in [0.4, 0.5) is 11.5 Å². The molecule has 0 bridgehead atoms. The van der Waals surface area contributed by atoms with Crippen LogP contribution in [0.25, 0.3) is 0 Å². The molecule has 4 heteroatoms. The van der Waals surface area contributed by atoms with Gasteiger partial charge in [0.15, 0.2) is 0 Å². The van der Waals surface area contributed by atoms with Gasteiger partial charge in [-0.25, -0.2) is 4.98 Å². The van der Waals surface area contributed by atoms with Crippen molar-refractivity contribution in [2.24, 2.45) is 0 Å². The Morgan fingerprint density at radius 2 is 2.05 bits per heavy atom. The Bertz CT molecular complexity index is 687. The van der Waals surface area contributed by atoms with Crippen molar-refractivity contribution >= 4 is 23.1 Å². The zero-order chi connectivity index (χ0) is 14.7. The van der Waals surface area contributed by atoms with E-state index in [4.69, 9.17) is 16.9 Å². The highest BCUT2D eigenvalue weighted by Crippen LogP contribution is 2.28. The Balaban J connectivity index is 2.36. The van der Waals surface area contributed by atoms with Gasteiger partial charge in [0.1, 0.15) is 5.82 Å². The summed E-state index contributed by atoms with van der Waals surface area (Å²) >= 11 is 6.17. The standard InChI is InChI=1S/C16H16ClN3/c1-4-13-9-19-16(11(3)10(13)2)20-15-6-5-12(8-18)7-14(15)17/h5-7,9H,4H2,1-3H3,(H,19,20). The lowest BCUT2D eigenvalue weighted by Crippen LogP contribution is -2.01. The van der Waals surface area contributed by atoms with Crippen molar-refractivity contribution < 1.29 is 0 Å². The predicted octanol–water partition coefficient (Wildman–Crippen LogP) is 4.53. The van der Waals surface area contributed by atoms with Crippen LogP contribution in [-0.2, 0) is 6.42 Å². The van der Waals surface area contributed by atoms with Gasteiger partial charge < -0.3 is 5.32 Å². The third-order valence-electron chi connectivity index (χ3n) is 3.48. The summed E-state index contributed by atoms with van der Waals surface area (Å²) in [6, 6.07) is 7.24. The predicted molar refractivity (Wildman–Crippen MR) is 82.5 cm³/mol. The van der Waals surface area contributed by atoms with E-state index in [9.17, 15) is 0 Å². The van der Waals surface area contributed by atoms with E-state index in [-0.39, 0.29) is 0 Å². The van der Waals surface area contributed by atoms with Crippen LogP contribution in [0.3, 0.4) is 0 Å². The molecule has 1 heterocycles. The first kappa shape index (κ1) is 14.4. The molecule has 0 spiro atoms. The number of nitriles is 1. The van der Waals surface area contributed by atoms with Gasteiger partial charge in [-0.2, -0.15) is 5.26 Å². The molecule has 0 aliphatic carbocycles. The summed E-state index contributed by atoms with van der Waals surface area (Å²) in [6.07, 6.45) is 2.86. The summed E-state index contributed by atoms with van der Waals surface area (Å²) in [5, 5.41) is 12.6. The van der Waals surface area contributed by atoms with Crippen LogP contribution in [0, 0.1) is 25.2 Å². The molecule has 1 aromatic carbocycles. The summed E-state index contributed by atoms with van der Waals surface area (Å²) in [5.74, 6) is 0.798. The molecule has 0 saturated carbocycles. The summed E-state index contributed by atoms with van der Waals surface area (Å²) in [6.45, 7) is 6.26. The second-order valence-corrected chi connectivity index (χ2v) is 5.07. The lowest BCUT2D eigenvalue weighted by Gasteiger charge is -2.14. The molecule has 0 aliphatic rings. The number of hydrogen-bond acceptors (Lipinski definition) is 3. The van der Waals surface area contributed by atoms with Crippen LogP contribution in [0.2, 0.25) is 5.02 Å². The van der Waals surface area contributed by atoms with Crippen molar-refractivity contribution in [1.29, 1.82) is 5.26 Å². The minimum Gasteiger partial charge on any atom is -0.339 e. The topological polar surface area (TPSA) is 48.7 Å². The van der Waals surface area contributed by atoms with Crippen molar-refractivity contribution in [2.75, 3.05) is 5.32 Å². The van der Waals surface area contributed by atoms with Gasteiger partial charge in [0.2, 0.25) is 0 Å². The molecule has 1 aromatic heterocycles. The fraction of sp³-hybridized carbons (Fsp3) is 0.250. The quantitative estimate of drug-likeness (QED) is 0.901. The molecule has 102 valence electrons. The number of halogens is 1. The van der Waals surface area contributed by atoms with Crippen LogP contribution >= 0.6 is 11.6 Å². The van der Waals surface area contributed by atoms with Crippen LogP contribution in [0.15, 0.2) is 24.4 Å². The molecule has 1 N–H and O–H groups in total. The average molecular weight is 286 g/mol. The maximum atomic E-state index is 8.84. The van der Waals surface area contributed by atoms with Crippen LogP contribution < -0.4 is 5.32 Å². The molecule has 3 nitrogen and oxygen atoms in total. The molecular weight excluding hydrogens is 270 g/mol. The first-order valence-corrected chi connectivity index (χ1v) is 6.86. The third-order valence-corrected chi connectivity index (χ3v) is 3.79. The van der Waals surface area contributed by atoms with E-state index in [1.807, 2.05) is 13.1 Å². The van der Waals surface area contributed by atoms with Crippen LogP contribution in [-0.4, -0.2) is 4.98 Å². The fourth-order valence-corrected chi connectivity index (χ4v) is 2.28. The molecule has 2 rings (SSSR count). The molecule has 20 heavy (non-hydrogen) atoms. The molecule has 2 aromatic rings. The van der Waals surface area contributed by atoms with E-state index >= 15 is 0 Å². The van der Waals surface area contributed by atoms with E-state index in [0.717, 1.165) is 23.5 Å². The van der Waals surface area contributed by atoms with Gasteiger partial charge >= 0.3 is 0 Å².